The first-order valence-corrected chi connectivity index (χ1v) is 6.15. The minimum atomic E-state index is -4.53. The molecule has 0 amide bonds. The molecule has 5 nitrogen and oxygen atoms in total. The van der Waals surface area contributed by atoms with E-state index in [1.807, 2.05) is 0 Å². The van der Waals surface area contributed by atoms with Crippen LogP contribution in [-0.2, 0) is 12.4 Å². The highest BCUT2D eigenvalue weighted by atomic mass is 19.4. The number of carbonyl (C=O) groups is 1. The van der Waals surface area contributed by atoms with Gasteiger partial charge < -0.3 is 5.11 Å². The largest absolute Gasteiger partial charge is 0.478 e. The fraction of sp³-hybridized carbons (Fsp3) is 0.143. The molecule has 0 aliphatic carbocycles. The van der Waals surface area contributed by atoms with Crippen LogP contribution in [0, 0.1) is 11.3 Å². The maximum Gasteiger partial charge on any atom is 0.433 e. The van der Waals surface area contributed by atoms with Gasteiger partial charge in [-0.1, -0.05) is 0 Å². The number of nitriles is 1. The monoisotopic (exact) mass is 363 g/mol. The molecule has 132 valence electrons. The van der Waals surface area contributed by atoms with Gasteiger partial charge in [0.1, 0.15) is 17.5 Å². The number of hydrogen-bond acceptors (Lipinski definition) is 4. The van der Waals surface area contributed by atoms with E-state index in [-0.39, 0.29) is 11.1 Å². The molecule has 0 atom stereocenters. The average Bonchev–Trinajstić information content (AvgIpc) is 2.54. The summed E-state index contributed by atoms with van der Waals surface area (Å²) in [6, 6.07) is 5.02. The maximum atomic E-state index is 11.9. The molecule has 1 N–H and O–H groups in total. The summed E-state index contributed by atoms with van der Waals surface area (Å²) in [4.78, 5) is 16.3. The van der Waals surface area contributed by atoms with Gasteiger partial charge in [-0.05, 0) is 24.3 Å². The van der Waals surface area contributed by atoms with E-state index >= 15 is 0 Å². The van der Waals surface area contributed by atoms with Crippen LogP contribution in [0.15, 0.2) is 36.7 Å². The molecule has 25 heavy (non-hydrogen) atoms. The zero-order chi connectivity index (χ0) is 19.3. The van der Waals surface area contributed by atoms with Crippen molar-refractivity contribution in [3.63, 3.8) is 0 Å². The Kier molecular flexibility index (Phi) is 6.05. The highest BCUT2D eigenvalue weighted by molar-refractivity contribution is 5.87. The molecular weight excluding hydrogens is 356 g/mol. The Morgan fingerprint density at radius 3 is 1.68 bits per heavy atom. The van der Waals surface area contributed by atoms with E-state index in [1.54, 1.807) is 6.07 Å². The van der Waals surface area contributed by atoms with Crippen molar-refractivity contribution in [2.24, 2.45) is 0 Å². The first-order valence-electron chi connectivity index (χ1n) is 6.15. The molecule has 0 unspecified atom stereocenters. The van der Waals surface area contributed by atoms with Gasteiger partial charge in [0.15, 0.2) is 0 Å². The lowest BCUT2D eigenvalue weighted by Crippen LogP contribution is -2.08. The van der Waals surface area contributed by atoms with Gasteiger partial charge in [0.2, 0.25) is 0 Å². The second-order valence-corrected chi connectivity index (χ2v) is 4.28. The second-order valence-electron chi connectivity index (χ2n) is 4.28. The maximum absolute atomic E-state index is 11.9. The number of hydrogen-bond donors (Lipinski definition) is 1. The third kappa shape index (κ3) is 6.09. The number of carboxylic acid groups (broad SMARTS) is 1. The van der Waals surface area contributed by atoms with Gasteiger partial charge >= 0.3 is 18.3 Å². The Bertz CT molecular complexity index is 762. The van der Waals surface area contributed by atoms with E-state index in [4.69, 9.17) is 10.4 Å². The molecule has 11 heteroatoms. The second kappa shape index (κ2) is 7.61. The average molecular weight is 363 g/mol. The molecule has 0 aliphatic heterocycles. The summed E-state index contributed by atoms with van der Waals surface area (Å²) in [5.41, 5.74) is -2.24. The Labute approximate surface area is 136 Å². The van der Waals surface area contributed by atoms with Crippen molar-refractivity contribution in [1.82, 2.24) is 9.97 Å². The highest BCUT2D eigenvalue weighted by Crippen LogP contribution is 2.27. The molecule has 2 aromatic heterocycles. The number of pyridine rings is 2. The predicted molar refractivity (Wildman–Crippen MR) is 70.2 cm³/mol. The first-order chi connectivity index (χ1) is 11.4. The summed E-state index contributed by atoms with van der Waals surface area (Å²) in [5.74, 6) is -1.30. The van der Waals surface area contributed by atoms with Crippen LogP contribution in [0.3, 0.4) is 0 Å². The van der Waals surface area contributed by atoms with E-state index in [1.165, 1.54) is 0 Å². The van der Waals surface area contributed by atoms with Crippen LogP contribution in [0.2, 0.25) is 0 Å². The topological polar surface area (TPSA) is 86.9 Å². The number of aromatic nitrogens is 2. The minimum absolute atomic E-state index is 0.114. The lowest BCUT2D eigenvalue weighted by atomic mass is 10.2. The number of carboxylic acids is 1. The van der Waals surface area contributed by atoms with Gasteiger partial charge in [0.05, 0.1) is 11.1 Å². The van der Waals surface area contributed by atoms with Gasteiger partial charge in [-0.2, -0.15) is 31.6 Å². The summed E-state index contributed by atoms with van der Waals surface area (Å²) >= 11 is 0. The van der Waals surface area contributed by atoms with Crippen LogP contribution in [0.25, 0.3) is 0 Å². The summed E-state index contributed by atoms with van der Waals surface area (Å²) < 4.78 is 71.4. The molecule has 0 spiro atoms. The molecule has 0 fully saturated rings. The number of alkyl halides is 6. The van der Waals surface area contributed by atoms with Crippen molar-refractivity contribution < 1.29 is 36.2 Å². The Morgan fingerprint density at radius 1 is 0.920 bits per heavy atom. The van der Waals surface area contributed by atoms with E-state index in [9.17, 15) is 31.1 Å². The van der Waals surface area contributed by atoms with E-state index in [2.05, 4.69) is 9.97 Å². The smallest absolute Gasteiger partial charge is 0.433 e. The molecule has 2 aromatic rings. The van der Waals surface area contributed by atoms with Crippen LogP contribution >= 0.6 is 0 Å². The summed E-state index contributed by atoms with van der Waals surface area (Å²) in [5, 5.41) is 16.6. The quantitative estimate of drug-likeness (QED) is 0.780. The van der Waals surface area contributed by atoms with Crippen molar-refractivity contribution in [3.8, 4) is 6.07 Å². The fourth-order valence-corrected chi connectivity index (χ4v) is 1.32. The third-order valence-electron chi connectivity index (χ3n) is 2.48. The zero-order valence-electron chi connectivity index (χ0n) is 11.9. The molecule has 0 saturated heterocycles. The Balaban J connectivity index is 0.000000251. The number of rotatable bonds is 1. The molecular formula is C14H7F6N3O2. The van der Waals surface area contributed by atoms with Crippen molar-refractivity contribution >= 4 is 5.97 Å². The predicted octanol–water partition coefficient (Wildman–Crippen LogP) is 3.77. The van der Waals surface area contributed by atoms with Crippen LogP contribution in [0.5, 0.6) is 0 Å². The van der Waals surface area contributed by atoms with E-state index in [0.29, 0.717) is 12.3 Å². The number of aromatic carboxylic acids is 1. The lowest BCUT2D eigenvalue weighted by molar-refractivity contribution is -0.142. The fourth-order valence-electron chi connectivity index (χ4n) is 1.32. The summed E-state index contributed by atoms with van der Waals surface area (Å²) in [7, 11) is 0. The van der Waals surface area contributed by atoms with Gasteiger partial charge in [-0.25, -0.2) is 4.79 Å². The molecule has 2 rings (SSSR count). The van der Waals surface area contributed by atoms with Crippen molar-refractivity contribution in [1.29, 1.82) is 5.26 Å². The van der Waals surface area contributed by atoms with Crippen LogP contribution in [-0.4, -0.2) is 21.0 Å². The number of nitrogens with zero attached hydrogens (tertiary/aromatic N) is 3. The van der Waals surface area contributed by atoms with E-state index in [0.717, 1.165) is 24.4 Å². The van der Waals surface area contributed by atoms with Crippen LogP contribution in [0.4, 0.5) is 26.3 Å². The van der Waals surface area contributed by atoms with Crippen LogP contribution in [0.1, 0.15) is 27.3 Å². The van der Waals surface area contributed by atoms with Gasteiger partial charge in [0.25, 0.3) is 0 Å². The van der Waals surface area contributed by atoms with Crippen molar-refractivity contribution in [2.45, 2.75) is 12.4 Å². The van der Waals surface area contributed by atoms with Gasteiger partial charge in [-0.15, -0.1) is 0 Å². The third-order valence-corrected chi connectivity index (χ3v) is 2.48. The summed E-state index contributed by atoms with van der Waals surface area (Å²) in [6.07, 6.45) is -7.40. The zero-order valence-corrected chi connectivity index (χ0v) is 11.9. The Morgan fingerprint density at radius 2 is 1.40 bits per heavy atom. The van der Waals surface area contributed by atoms with Gasteiger partial charge in [-0.3, -0.25) is 9.97 Å². The molecule has 0 aromatic carbocycles. The van der Waals surface area contributed by atoms with Crippen molar-refractivity contribution in [3.05, 3.63) is 59.2 Å². The molecule has 0 saturated carbocycles. The molecule has 0 bridgehead atoms. The highest BCUT2D eigenvalue weighted by Gasteiger charge is 2.32. The van der Waals surface area contributed by atoms with Crippen LogP contribution < -0.4 is 0 Å². The first kappa shape index (κ1) is 19.9. The van der Waals surface area contributed by atoms with Crippen molar-refractivity contribution in [2.75, 3.05) is 0 Å². The standard InChI is InChI=1S/C7H3F3N2.C7H4F3NO2/c8-7(9,10)6-2-1-5(3-11)4-12-6;8-7(9,10)5-2-1-4(3-11-5)6(12)13/h1-2,4H;1-3H,(H,12,13). The normalized spacial score (nSPS) is 11.1. The Hall–Kier alpha value is -3.16. The minimum Gasteiger partial charge on any atom is -0.478 e. The summed E-state index contributed by atoms with van der Waals surface area (Å²) in [6.45, 7) is 0. The molecule has 0 aliphatic rings. The lowest BCUT2D eigenvalue weighted by Gasteiger charge is -2.04. The van der Waals surface area contributed by atoms with Gasteiger partial charge in [0, 0.05) is 12.4 Å². The molecule has 0 radical (unpaired) electrons. The SMILES string of the molecule is N#Cc1ccc(C(F)(F)F)nc1.O=C(O)c1ccc(C(F)(F)F)nc1. The number of halogens is 6. The molecule has 2 heterocycles. The van der Waals surface area contributed by atoms with E-state index < -0.39 is 29.7 Å².